The second kappa shape index (κ2) is 9.98. The summed E-state index contributed by atoms with van der Waals surface area (Å²) in [6.45, 7) is 1.71. The van der Waals surface area contributed by atoms with Crippen LogP contribution in [0.2, 0.25) is 0 Å². The van der Waals surface area contributed by atoms with Crippen LogP contribution in [0, 0.1) is 5.82 Å². The monoisotopic (exact) mass is 497 g/mol. The number of hydrogen-bond donors (Lipinski definition) is 3. The molecule has 3 aromatic carbocycles. The van der Waals surface area contributed by atoms with Gasteiger partial charge >= 0.3 is 0 Å². The highest BCUT2D eigenvalue weighted by Gasteiger charge is 2.36. The minimum atomic E-state index is -0.926. The number of halogens is 1. The average molecular weight is 498 g/mol. The first-order valence-electron chi connectivity index (χ1n) is 11.6. The molecule has 0 radical (unpaired) electrons. The van der Waals surface area contributed by atoms with Crippen molar-refractivity contribution in [3.05, 3.63) is 113 Å². The van der Waals surface area contributed by atoms with E-state index in [-0.39, 0.29) is 22.6 Å². The second-order valence-electron chi connectivity index (χ2n) is 8.41. The first kappa shape index (κ1) is 23.8. The zero-order valence-corrected chi connectivity index (χ0v) is 20.2. The molecule has 0 fully saturated rings. The number of allylic oxidation sites excluding steroid dienone is 1. The van der Waals surface area contributed by atoms with E-state index in [4.69, 9.17) is 4.74 Å². The Morgan fingerprint density at radius 1 is 0.946 bits per heavy atom. The summed E-state index contributed by atoms with van der Waals surface area (Å²) >= 11 is 0. The van der Waals surface area contributed by atoms with E-state index < -0.39 is 17.8 Å². The smallest absolute Gasteiger partial charge is 0.261 e. The second-order valence-corrected chi connectivity index (χ2v) is 8.41. The van der Waals surface area contributed by atoms with Crippen LogP contribution in [0.3, 0.4) is 0 Å². The Kier molecular flexibility index (Phi) is 6.42. The molecule has 5 rings (SSSR count). The Hall–Kier alpha value is -4.92. The summed E-state index contributed by atoms with van der Waals surface area (Å²) in [5, 5.41) is 13.3. The summed E-state index contributed by atoms with van der Waals surface area (Å²) in [7, 11) is 1.51. The molecule has 37 heavy (non-hydrogen) atoms. The number of nitrogens with zero attached hydrogens (tertiary/aromatic N) is 2. The van der Waals surface area contributed by atoms with Gasteiger partial charge in [-0.15, -0.1) is 0 Å². The third kappa shape index (κ3) is 4.54. The van der Waals surface area contributed by atoms with Crippen molar-refractivity contribution in [3.8, 4) is 5.75 Å². The SMILES string of the molecule is COc1ccccc1NC(=O)C1=C(C)Nc2c(C(=O)Nc3ccccc3)cnn2[C@H]1c1ccccc1F. The lowest BCUT2D eigenvalue weighted by Crippen LogP contribution is -2.32. The molecule has 0 bridgehead atoms. The molecule has 186 valence electrons. The number of amides is 2. The van der Waals surface area contributed by atoms with Gasteiger partial charge in [0.2, 0.25) is 0 Å². The van der Waals surface area contributed by atoms with Crippen molar-refractivity contribution >= 4 is 29.0 Å². The lowest BCUT2D eigenvalue weighted by atomic mass is 9.94. The van der Waals surface area contributed by atoms with Crippen molar-refractivity contribution in [1.82, 2.24) is 9.78 Å². The fraction of sp³-hybridized carbons (Fsp3) is 0.107. The standard InChI is InChI=1S/C28H24FN5O3/c1-17-24(28(36)33-22-14-8-9-15-23(22)37-2)25(19-12-6-7-13-21(19)29)34-26(31-17)20(16-30-34)27(35)32-18-10-4-3-5-11-18/h3-16,25,31H,1-2H3,(H,32,35)(H,33,36)/t25-/m0/s1. The van der Waals surface area contributed by atoms with E-state index in [0.717, 1.165) is 0 Å². The van der Waals surface area contributed by atoms with E-state index in [1.165, 1.54) is 24.1 Å². The Morgan fingerprint density at radius 2 is 1.65 bits per heavy atom. The molecule has 0 saturated heterocycles. The highest BCUT2D eigenvalue weighted by atomic mass is 19.1. The highest BCUT2D eigenvalue weighted by molar-refractivity contribution is 6.09. The number of rotatable bonds is 6. The number of anilines is 3. The molecule has 9 heteroatoms. The van der Waals surface area contributed by atoms with Crippen molar-refractivity contribution in [2.75, 3.05) is 23.1 Å². The number of aromatic nitrogens is 2. The molecular formula is C28H24FN5O3. The van der Waals surface area contributed by atoms with Crippen LogP contribution in [0.4, 0.5) is 21.6 Å². The summed E-state index contributed by atoms with van der Waals surface area (Å²) in [5.74, 6) is -0.504. The first-order chi connectivity index (χ1) is 18.0. The van der Waals surface area contributed by atoms with Gasteiger partial charge in [0, 0.05) is 16.9 Å². The quantitative estimate of drug-likeness (QED) is 0.340. The van der Waals surface area contributed by atoms with Crippen LogP contribution < -0.4 is 20.7 Å². The van der Waals surface area contributed by atoms with E-state index in [0.29, 0.717) is 28.6 Å². The maximum absolute atomic E-state index is 15.1. The predicted molar refractivity (Wildman–Crippen MR) is 139 cm³/mol. The number of nitrogens with one attached hydrogen (secondary N) is 3. The van der Waals surface area contributed by atoms with Gasteiger partial charge in [-0.05, 0) is 37.3 Å². The minimum absolute atomic E-state index is 0.243. The Balaban J connectivity index is 1.56. The van der Waals surface area contributed by atoms with Crippen LogP contribution in [0.15, 0.2) is 96.3 Å². The van der Waals surface area contributed by atoms with Gasteiger partial charge in [-0.2, -0.15) is 5.10 Å². The third-order valence-corrected chi connectivity index (χ3v) is 6.10. The highest BCUT2D eigenvalue weighted by Crippen LogP contribution is 2.39. The number of para-hydroxylation sites is 3. The first-order valence-corrected chi connectivity index (χ1v) is 11.6. The molecule has 1 aromatic heterocycles. The number of hydrogen-bond acceptors (Lipinski definition) is 5. The normalized spacial score (nSPS) is 14.4. The van der Waals surface area contributed by atoms with Crippen LogP contribution in [0.1, 0.15) is 28.9 Å². The van der Waals surface area contributed by atoms with E-state index in [2.05, 4.69) is 21.0 Å². The fourth-order valence-electron chi connectivity index (χ4n) is 4.36. The summed E-state index contributed by atoms with van der Waals surface area (Å²) in [5.41, 5.74) is 2.31. The molecule has 2 amide bonds. The summed E-state index contributed by atoms with van der Waals surface area (Å²) in [4.78, 5) is 26.7. The van der Waals surface area contributed by atoms with E-state index >= 15 is 4.39 Å². The van der Waals surface area contributed by atoms with Gasteiger partial charge in [0.25, 0.3) is 11.8 Å². The van der Waals surface area contributed by atoms with Gasteiger partial charge in [-0.3, -0.25) is 9.59 Å². The predicted octanol–water partition coefficient (Wildman–Crippen LogP) is 5.21. The number of fused-ring (bicyclic) bond motifs is 1. The Morgan fingerprint density at radius 3 is 2.41 bits per heavy atom. The summed E-state index contributed by atoms with van der Waals surface area (Å²) in [6, 6.07) is 21.3. The maximum Gasteiger partial charge on any atom is 0.261 e. The molecule has 1 atom stereocenters. The van der Waals surface area contributed by atoms with E-state index in [1.807, 2.05) is 18.2 Å². The zero-order valence-electron chi connectivity index (χ0n) is 20.2. The third-order valence-electron chi connectivity index (χ3n) is 6.10. The Labute approximate surface area is 212 Å². The van der Waals surface area contributed by atoms with Gasteiger partial charge < -0.3 is 20.7 Å². The van der Waals surface area contributed by atoms with Crippen LogP contribution >= 0.6 is 0 Å². The van der Waals surface area contributed by atoms with Gasteiger partial charge in [-0.25, -0.2) is 9.07 Å². The number of ether oxygens (including phenoxy) is 1. The van der Waals surface area contributed by atoms with Crippen molar-refractivity contribution in [2.24, 2.45) is 0 Å². The summed E-state index contributed by atoms with van der Waals surface area (Å²) in [6.07, 6.45) is 1.41. The number of carbonyl (C=O) groups excluding carboxylic acids is 2. The van der Waals surface area contributed by atoms with E-state index in [1.54, 1.807) is 61.5 Å². The molecule has 4 aromatic rings. The van der Waals surface area contributed by atoms with Crippen molar-refractivity contribution < 1.29 is 18.7 Å². The lowest BCUT2D eigenvalue weighted by Gasteiger charge is -2.30. The summed E-state index contributed by atoms with van der Waals surface area (Å²) < 4.78 is 21.9. The van der Waals surface area contributed by atoms with Crippen molar-refractivity contribution in [1.29, 1.82) is 0 Å². The van der Waals surface area contributed by atoms with Gasteiger partial charge in [-0.1, -0.05) is 48.5 Å². The number of methoxy groups -OCH3 is 1. The molecule has 0 aliphatic carbocycles. The number of carbonyl (C=O) groups is 2. The fourth-order valence-corrected chi connectivity index (χ4v) is 4.36. The minimum Gasteiger partial charge on any atom is -0.495 e. The van der Waals surface area contributed by atoms with Gasteiger partial charge in [0.15, 0.2) is 0 Å². The Bertz CT molecular complexity index is 1510. The number of benzene rings is 3. The molecule has 0 saturated carbocycles. The topological polar surface area (TPSA) is 97.3 Å². The molecule has 8 nitrogen and oxygen atoms in total. The molecule has 1 aliphatic heterocycles. The molecule has 3 N–H and O–H groups in total. The molecule has 1 aliphatic rings. The molecule has 2 heterocycles. The van der Waals surface area contributed by atoms with Gasteiger partial charge in [0.05, 0.1) is 24.6 Å². The zero-order chi connectivity index (χ0) is 25.9. The molecule has 0 spiro atoms. The largest absolute Gasteiger partial charge is 0.495 e. The van der Waals surface area contributed by atoms with Crippen LogP contribution in [-0.4, -0.2) is 28.7 Å². The van der Waals surface area contributed by atoms with Gasteiger partial charge in [0.1, 0.15) is 29.0 Å². The molecular weight excluding hydrogens is 473 g/mol. The van der Waals surface area contributed by atoms with Crippen LogP contribution in [0.5, 0.6) is 5.75 Å². The molecule has 0 unspecified atom stereocenters. The van der Waals surface area contributed by atoms with E-state index in [9.17, 15) is 9.59 Å². The van der Waals surface area contributed by atoms with Crippen molar-refractivity contribution in [2.45, 2.75) is 13.0 Å². The van der Waals surface area contributed by atoms with Crippen LogP contribution in [0.25, 0.3) is 0 Å². The van der Waals surface area contributed by atoms with Crippen molar-refractivity contribution in [3.63, 3.8) is 0 Å². The maximum atomic E-state index is 15.1. The lowest BCUT2D eigenvalue weighted by molar-refractivity contribution is -0.113. The average Bonchev–Trinajstić information content (AvgIpc) is 3.32. The van der Waals surface area contributed by atoms with Crippen LogP contribution in [-0.2, 0) is 4.79 Å².